The van der Waals surface area contributed by atoms with Gasteiger partial charge in [-0.2, -0.15) is 4.31 Å². The fourth-order valence-corrected chi connectivity index (χ4v) is 4.57. The van der Waals surface area contributed by atoms with Gasteiger partial charge in [-0.15, -0.1) is 0 Å². The van der Waals surface area contributed by atoms with E-state index in [1.807, 2.05) is 0 Å². The molecule has 0 atom stereocenters. The van der Waals surface area contributed by atoms with E-state index < -0.39 is 20.6 Å². The molecule has 1 aromatic carbocycles. The number of hydrogen-bond donors (Lipinski definition) is 2. The molecule has 150 valence electrons. The quantitative estimate of drug-likeness (QED) is 0.458. The van der Waals surface area contributed by atoms with E-state index in [1.54, 1.807) is 0 Å². The van der Waals surface area contributed by atoms with Crippen LogP contribution in [0, 0.1) is 16.0 Å². The van der Waals surface area contributed by atoms with Crippen LogP contribution in [0.1, 0.15) is 20.3 Å². The van der Waals surface area contributed by atoms with E-state index in [1.165, 1.54) is 28.6 Å². The molecule has 10 heteroatoms. The Morgan fingerprint density at radius 2 is 1.93 bits per heavy atom. The predicted molar refractivity (Wildman–Crippen MR) is 99.9 cm³/mol. The molecule has 2 rings (SSSR count). The number of nitro benzene ring substituents is 1. The summed E-state index contributed by atoms with van der Waals surface area (Å²) < 4.78 is 26.8. The van der Waals surface area contributed by atoms with E-state index in [2.05, 4.69) is 19.2 Å². The number of sulfonamides is 1. The first-order chi connectivity index (χ1) is 12.7. The Balaban J connectivity index is 1.93. The fourth-order valence-electron chi connectivity index (χ4n) is 2.97. The van der Waals surface area contributed by atoms with E-state index in [9.17, 15) is 23.3 Å². The summed E-state index contributed by atoms with van der Waals surface area (Å²) in [5.41, 5.74) is -0.420. The highest BCUT2D eigenvalue weighted by Gasteiger charge is 2.35. The van der Waals surface area contributed by atoms with Gasteiger partial charge in [0.1, 0.15) is 0 Å². The van der Waals surface area contributed by atoms with Gasteiger partial charge in [-0.05, 0) is 18.4 Å². The average molecular weight is 399 g/mol. The monoisotopic (exact) mass is 399 g/mol. The van der Waals surface area contributed by atoms with Crippen LogP contribution in [-0.2, 0) is 14.8 Å². The van der Waals surface area contributed by atoms with Crippen molar-refractivity contribution in [3.8, 4) is 0 Å². The number of nitrogens with one attached hydrogen (secondary N) is 2. The highest BCUT2D eigenvalue weighted by molar-refractivity contribution is 7.89. The molecule has 9 nitrogen and oxygen atoms in total. The molecule has 0 spiro atoms. The third-order valence-corrected chi connectivity index (χ3v) is 6.51. The molecule has 2 N–H and O–H groups in total. The molecule has 1 heterocycles. The van der Waals surface area contributed by atoms with E-state index >= 15 is 0 Å². The van der Waals surface area contributed by atoms with Gasteiger partial charge in [-0.1, -0.05) is 26.0 Å². The van der Waals surface area contributed by atoms with Crippen LogP contribution in [0.25, 0.3) is 0 Å². The third-order valence-electron chi connectivity index (χ3n) is 4.56. The van der Waals surface area contributed by atoms with Crippen LogP contribution in [0.4, 0.5) is 5.69 Å². The molecular weight excluding hydrogens is 372 g/mol. The highest BCUT2D eigenvalue weighted by atomic mass is 32.2. The number of amides is 1. The Hall–Kier alpha value is -2.04. The number of nitrogens with zero attached hydrogens (tertiary/aromatic N) is 2. The molecule has 1 aromatic rings. The van der Waals surface area contributed by atoms with E-state index in [4.69, 9.17) is 0 Å². The first kappa shape index (κ1) is 21.3. The molecule has 0 aliphatic carbocycles. The van der Waals surface area contributed by atoms with E-state index in [0.29, 0.717) is 32.1 Å². The van der Waals surface area contributed by atoms with Crippen molar-refractivity contribution in [2.24, 2.45) is 5.92 Å². The maximum absolute atomic E-state index is 12.8. The Morgan fingerprint density at radius 3 is 2.52 bits per heavy atom. The number of nitro groups is 1. The number of carbonyl (C=O) groups is 1. The summed E-state index contributed by atoms with van der Waals surface area (Å²) in [6.45, 7) is 6.54. The lowest BCUT2D eigenvalue weighted by molar-refractivity contribution is -0.895. The molecule has 1 saturated heterocycles. The second kappa shape index (κ2) is 9.25. The van der Waals surface area contributed by atoms with Crippen molar-refractivity contribution in [3.05, 3.63) is 34.4 Å². The van der Waals surface area contributed by atoms with Gasteiger partial charge in [0.05, 0.1) is 31.1 Å². The van der Waals surface area contributed by atoms with Crippen LogP contribution in [0.5, 0.6) is 0 Å². The first-order valence-electron chi connectivity index (χ1n) is 9.05. The number of carbonyl (C=O) groups excluding carboxylic acids is 1. The summed E-state index contributed by atoms with van der Waals surface area (Å²) >= 11 is 0. The van der Waals surface area contributed by atoms with Crippen molar-refractivity contribution in [1.82, 2.24) is 9.62 Å². The lowest BCUT2D eigenvalue weighted by Crippen LogP contribution is -3.15. The average Bonchev–Trinajstić information content (AvgIpc) is 2.61. The summed E-state index contributed by atoms with van der Waals surface area (Å²) in [4.78, 5) is 23.1. The number of quaternary nitrogens is 1. The molecule has 0 bridgehead atoms. The van der Waals surface area contributed by atoms with Gasteiger partial charge >= 0.3 is 0 Å². The van der Waals surface area contributed by atoms with Crippen LogP contribution in [-0.4, -0.2) is 62.8 Å². The zero-order valence-corrected chi connectivity index (χ0v) is 16.5. The SMILES string of the molecule is CC(C)CCNC(=O)C[NH+]1CCN(S(=O)(=O)c2ccccc2[N+](=O)[O-])CC1. The summed E-state index contributed by atoms with van der Waals surface area (Å²) in [5.74, 6) is 0.481. The van der Waals surface area contributed by atoms with E-state index in [0.717, 1.165) is 11.3 Å². The molecule has 0 saturated carbocycles. The number of piperazine rings is 1. The minimum atomic E-state index is -3.94. The van der Waals surface area contributed by atoms with Gasteiger partial charge in [0, 0.05) is 12.6 Å². The maximum Gasteiger partial charge on any atom is 0.289 e. The van der Waals surface area contributed by atoms with Crippen molar-refractivity contribution in [2.45, 2.75) is 25.2 Å². The molecule has 1 fully saturated rings. The third kappa shape index (κ3) is 5.72. The van der Waals surface area contributed by atoms with Gasteiger partial charge in [0.2, 0.25) is 10.0 Å². The second-order valence-corrected chi connectivity index (χ2v) is 8.99. The van der Waals surface area contributed by atoms with Crippen molar-refractivity contribution in [3.63, 3.8) is 0 Å². The predicted octanol–water partition coefficient (Wildman–Crippen LogP) is -0.354. The number of benzene rings is 1. The number of rotatable bonds is 8. The van der Waals surface area contributed by atoms with Crippen LogP contribution >= 0.6 is 0 Å². The largest absolute Gasteiger partial charge is 0.351 e. The summed E-state index contributed by atoms with van der Waals surface area (Å²) in [7, 11) is -3.94. The second-order valence-electron chi connectivity index (χ2n) is 7.09. The minimum Gasteiger partial charge on any atom is -0.351 e. The zero-order chi connectivity index (χ0) is 20.0. The molecule has 0 aromatic heterocycles. The normalized spacial score (nSPS) is 16.4. The molecule has 0 unspecified atom stereocenters. The number of hydrogen-bond acceptors (Lipinski definition) is 5. The van der Waals surface area contributed by atoms with Crippen LogP contribution in [0.15, 0.2) is 29.2 Å². The van der Waals surface area contributed by atoms with Crippen LogP contribution < -0.4 is 10.2 Å². The Kier molecular flexibility index (Phi) is 7.28. The molecule has 27 heavy (non-hydrogen) atoms. The van der Waals surface area contributed by atoms with Gasteiger partial charge < -0.3 is 10.2 Å². The van der Waals surface area contributed by atoms with Crippen LogP contribution in [0.3, 0.4) is 0 Å². The van der Waals surface area contributed by atoms with Gasteiger partial charge in [-0.3, -0.25) is 14.9 Å². The summed E-state index contributed by atoms with van der Waals surface area (Å²) in [6.07, 6.45) is 0.920. The smallest absolute Gasteiger partial charge is 0.289 e. The van der Waals surface area contributed by atoms with E-state index in [-0.39, 0.29) is 23.9 Å². The topological polar surface area (TPSA) is 114 Å². The van der Waals surface area contributed by atoms with Crippen molar-refractivity contribution in [2.75, 3.05) is 39.3 Å². The molecular formula is C17H27N4O5S+. The Bertz CT molecular complexity index is 773. The molecule has 1 aliphatic rings. The van der Waals surface area contributed by atoms with Crippen LogP contribution in [0.2, 0.25) is 0 Å². The van der Waals surface area contributed by atoms with Gasteiger partial charge in [0.15, 0.2) is 11.4 Å². The minimum absolute atomic E-state index is 0.0411. The zero-order valence-electron chi connectivity index (χ0n) is 15.7. The number of para-hydroxylation sites is 1. The Labute approximate surface area is 159 Å². The molecule has 0 radical (unpaired) electrons. The van der Waals surface area contributed by atoms with Crippen molar-refractivity contribution >= 4 is 21.6 Å². The highest BCUT2D eigenvalue weighted by Crippen LogP contribution is 2.26. The van der Waals surface area contributed by atoms with Crippen molar-refractivity contribution in [1.29, 1.82) is 0 Å². The lowest BCUT2D eigenvalue weighted by atomic mass is 10.1. The van der Waals surface area contributed by atoms with Crippen molar-refractivity contribution < 1.29 is 23.0 Å². The standard InChI is InChI=1S/C17H26N4O5S/c1-14(2)7-8-18-17(22)13-19-9-11-20(12-10-19)27(25,26)16-6-4-3-5-15(16)21(23)24/h3-6,14H,7-13H2,1-2H3,(H,18,22)/p+1. The Morgan fingerprint density at radius 1 is 1.30 bits per heavy atom. The molecule has 1 amide bonds. The van der Waals surface area contributed by atoms with Gasteiger partial charge in [-0.25, -0.2) is 8.42 Å². The first-order valence-corrected chi connectivity index (χ1v) is 10.5. The van der Waals surface area contributed by atoms with Gasteiger partial charge in [0.25, 0.3) is 11.6 Å². The summed E-state index contributed by atoms with van der Waals surface area (Å²) in [6, 6.07) is 5.37. The lowest BCUT2D eigenvalue weighted by Gasteiger charge is -2.31. The fraction of sp³-hybridized carbons (Fsp3) is 0.588. The maximum atomic E-state index is 12.8. The molecule has 1 aliphatic heterocycles. The summed E-state index contributed by atoms with van der Waals surface area (Å²) in [5, 5.41) is 14.0.